The average molecular weight is 780 g/mol. The number of anilines is 2. The van der Waals surface area contributed by atoms with Crippen molar-refractivity contribution in [1.82, 2.24) is 0 Å². The van der Waals surface area contributed by atoms with E-state index in [9.17, 15) is 0 Å². The Balaban J connectivity index is 0.965. The molecule has 0 amide bonds. The summed E-state index contributed by atoms with van der Waals surface area (Å²) in [5, 5.41) is 9.69. The van der Waals surface area contributed by atoms with Crippen LogP contribution < -0.4 is 4.90 Å². The fourth-order valence-electron chi connectivity index (χ4n) is 9.65. The minimum absolute atomic E-state index is 0.663. The van der Waals surface area contributed by atoms with Crippen molar-refractivity contribution in [2.45, 2.75) is 19.4 Å². The fraction of sp³-hybridized carbons (Fsp3) is 0.0508. The van der Waals surface area contributed by atoms with Crippen molar-refractivity contribution in [3.8, 4) is 33.4 Å². The van der Waals surface area contributed by atoms with Crippen LogP contribution >= 0.6 is 0 Å². The molecule has 1 aromatic heterocycles. The van der Waals surface area contributed by atoms with Gasteiger partial charge in [0.05, 0.1) is 0 Å². The lowest BCUT2D eigenvalue weighted by atomic mass is 9.93. The van der Waals surface area contributed by atoms with Crippen LogP contribution in [0.1, 0.15) is 23.1 Å². The van der Waals surface area contributed by atoms with Crippen molar-refractivity contribution in [2.75, 3.05) is 4.90 Å². The highest BCUT2D eigenvalue weighted by Gasteiger charge is 2.19. The lowest BCUT2D eigenvalue weighted by molar-refractivity contribution is 0.673. The third-order valence-corrected chi connectivity index (χ3v) is 12.8. The van der Waals surface area contributed by atoms with Gasteiger partial charge < -0.3 is 9.32 Å². The lowest BCUT2D eigenvalue weighted by Gasteiger charge is -2.27. The molecular formula is C59H41NO. The summed E-state index contributed by atoms with van der Waals surface area (Å²) in [6.45, 7) is 0.663. The maximum atomic E-state index is 6.87. The largest absolute Gasteiger partial charge is 0.455 e. The predicted octanol–water partition coefficient (Wildman–Crippen LogP) is 16.3. The lowest BCUT2D eigenvalue weighted by Crippen LogP contribution is -2.17. The molecule has 0 atom stereocenters. The maximum absolute atomic E-state index is 6.87. The van der Waals surface area contributed by atoms with E-state index >= 15 is 0 Å². The molecule has 2 nitrogen and oxygen atoms in total. The standard InChI is InChI=1S/C59H41NO/c1-2-14-43-35-46(25-23-39(43)11-1)44-16-9-17-50(37-44)60(49-31-27-40(28-32-49)45-30-33-53-47(36-45)26-24-41-12-3-6-18-51(41)53)38-48-15-5-7-19-52(48)55-21-10-22-56-57-34-29-42-13-4-8-20-54(42)58(57)61-59(55)56/h1,3-13,15-37H,2,14,38H2. The summed E-state index contributed by atoms with van der Waals surface area (Å²) in [5.41, 5.74) is 15.2. The number of nitrogens with zero attached hydrogens (tertiary/aromatic N) is 1. The van der Waals surface area contributed by atoms with Crippen molar-refractivity contribution in [2.24, 2.45) is 0 Å². The van der Waals surface area contributed by atoms with Crippen LogP contribution in [0.4, 0.5) is 11.4 Å². The van der Waals surface area contributed by atoms with Gasteiger partial charge in [-0.3, -0.25) is 0 Å². The molecule has 0 spiro atoms. The van der Waals surface area contributed by atoms with Gasteiger partial charge in [-0.15, -0.1) is 0 Å². The molecule has 1 aliphatic rings. The van der Waals surface area contributed by atoms with E-state index in [1.807, 2.05) is 0 Å². The quantitative estimate of drug-likeness (QED) is 0.150. The summed E-state index contributed by atoms with van der Waals surface area (Å²) in [6, 6.07) is 73.4. The molecule has 12 rings (SSSR count). The van der Waals surface area contributed by atoms with Crippen LogP contribution in [0.2, 0.25) is 0 Å². The summed E-state index contributed by atoms with van der Waals surface area (Å²) in [7, 11) is 0. The SMILES string of the molecule is C1=Cc2ccc(-c3cccc(N(Cc4ccccc4-c4cccc5c4oc4c6ccccc6ccc54)c4ccc(-c5ccc6c(ccc7ccccc76)c5)cc4)c3)cc2CC1. The monoisotopic (exact) mass is 779 g/mol. The van der Waals surface area contributed by atoms with Gasteiger partial charge in [-0.05, 0) is 121 Å². The van der Waals surface area contributed by atoms with E-state index in [0.717, 1.165) is 57.1 Å². The minimum Gasteiger partial charge on any atom is -0.455 e. The molecule has 2 heteroatoms. The molecule has 10 aromatic carbocycles. The van der Waals surface area contributed by atoms with Gasteiger partial charge in [-0.25, -0.2) is 0 Å². The van der Waals surface area contributed by atoms with E-state index in [0.29, 0.717) is 6.54 Å². The zero-order valence-electron chi connectivity index (χ0n) is 33.7. The van der Waals surface area contributed by atoms with E-state index in [2.05, 4.69) is 217 Å². The molecule has 0 unspecified atom stereocenters. The third kappa shape index (κ3) is 6.19. The van der Waals surface area contributed by atoms with Gasteiger partial charge >= 0.3 is 0 Å². The zero-order chi connectivity index (χ0) is 40.3. The van der Waals surface area contributed by atoms with Crippen molar-refractivity contribution in [1.29, 1.82) is 0 Å². The van der Waals surface area contributed by atoms with Crippen LogP contribution in [0.5, 0.6) is 0 Å². The summed E-state index contributed by atoms with van der Waals surface area (Å²) < 4.78 is 6.87. The number of hydrogen-bond donors (Lipinski definition) is 0. The molecular weight excluding hydrogens is 739 g/mol. The Morgan fingerprint density at radius 2 is 1.05 bits per heavy atom. The second-order valence-corrected chi connectivity index (χ2v) is 16.4. The highest BCUT2D eigenvalue weighted by Crippen LogP contribution is 2.41. The molecule has 1 heterocycles. The van der Waals surface area contributed by atoms with E-state index in [4.69, 9.17) is 4.42 Å². The van der Waals surface area contributed by atoms with E-state index in [1.165, 1.54) is 71.4 Å². The first-order valence-corrected chi connectivity index (χ1v) is 21.3. The second-order valence-electron chi connectivity index (χ2n) is 16.4. The van der Waals surface area contributed by atoms with Gasteiger partial charge in [0.25, 0.3) is 0 Å². The molecule has 0 saturated carbocycles. The van der Waals surface area contributed by atoms with Crippen LogP contribution in [0, 0.1) is 0 Å². The Hall–Kier alpha value is -7.68. The number of para-hydroxylation sites is 1. The van der Waals surface area contributed by atoms with Crippen molar-refractivity contribution in [3.63, 3.8) is 0 Å². The highest BCUT2D eigenvalue weighted by molar-refractivity contribution is 6.17. The highest BCUT2D eigenvalue weighted by atomic mass is 16.3. The number of furan rings is 1. The van der Waals surface area contributed by atoms with Crippen molar-refractivity contribution < 1.29 is 4.42 Å². The molecule has 0 aliphatic heterocycles. The second kappa shape index (κ2) is 14.5. The first-order chi connectivity index (χ1) is 30.2. The van der Waals surface area contributed by atoms with Crippen molar-refractivity contribution in [3.05, 3.63) is 223 Å². The van der Waals surface area contributed by atoms with Crippen LogP contribution in [0.25, 0.3) is 93.7 Å². The van der Waals surface area contributed by atoms with E-state index in [-0.39, 0.29) is 0 Å². The Morgan fingerprint density at radius 1 is 0.410 bits per heavy atom. The van der Waals surface area contributed by atoms with Crippen LogP contribution in [0.3, 0.4) is 0 Å². The number of benzene rings is 10. The van der Waals surface area contributed by atoms with Gasteiger partial charge in [0.1, 0.15) is 11.2 Å². The predicted molar refractivity (Wildman–Crippen MR) is 259 cm³/mol. The Morgan fingerprint density at radius 3 is 1.97 bits per heavy atom. The Labute approximate surface area is 355 Å². The number of rotatable bonds is 7. The van der Waals surface area contributed by atoms with Crippen molar-refractivity contribution >= 4 is 71.7 Å². The van der Waals surface area contributed by atoms with Gasteiger partial charge in [0.15, 0.2) is 0 Å². The van der Waals surface area contributed by atoms with Crippen LogP contribution in [-0.2, 0) is 13.0 Å². The molecule has 0 radical (unpaired) electrons. The molecule has 61 heavy (non-hydrogen) atoms. The number of allylic oxidation sites excluding steroid dienone is 1. The molecule has 288 valence electrons. The molecule has 1 aliphatic carbocycles. The summed E-state index contributed by atoms with van der Waals surface area (Å²) >= 11 is 0. The van der Waals surface area contributed by atoms with Gasteiger partial charge in [0, 0.05) is 39.6 Å². The maximum Gasteiger partial charge on any atom is 0.143 e. The van der Waals surface area contributed by atoms with Gasteiger partial charge in [0.2, 0.25) is 0 Å². The first kappa shape index (κ1) is 35.3. The molecule has 0 N–H and O–H groups in total. The fourth-order valence-corrected chi connectivity index (χ4v) is 9.65. The summed E-state index contributed by atoms with van der Waals surface area (Å²) in [4.78, 5) is 2.46. The number of fused-ring (bicyclic) bond motifs is 9. The Kier molecular flexibility index (Phi) is 8.41. The topological polar surface area (TPSA) is 16.4 Å². The molecule has 0 saturated heterocycles. The number of aryl methyl sites for hydroxylation is 1. The molecule has 0 bridgehead atoms. The van der Waals surface area contributed by atoms with Gasteiger partial charge in [-0.2, -0.15) is 0 Å². The normalized spacial score (nSPS) is 12.5. The molecule has 0 fully saturated rings. The number of hydrogen-bond acceptors (Lipinski definition) is 2. The van der Waals surface area contributed by atoms with E-state index in [1.54, 1.807) is 0 Å². The smallest absolute Gasteiger partial charge is 0.143 e. The van der Waals surface area contributed by atoms with Crippen LogP contribution in [-0.4, -0.2) is 0 Å². The van der Waals surface area contributed by atoms with Gasteiger partial charge in [-0.1, -0.05) is 176 Å². The van der Waals surface area contributed by atoms with E-state index < -0.39 is 0 Å². The first-order valence-electron chi connectivity index (χ1n) is 21.3. The van der Waals surface area contributed by atoms with Crippen LogP contribution in [0.15, 0.2) is 211 Å². The summed E-state index contributed by atoms with van der Waals surface area (Å²) in [5.74, 6) is 0. The molecule has 11 aromatic rings. The Bertz CT molecular complexity index is 3520. The zero-order valence-corrected chi connectivity index (χ0v) is 33.7. The third-order valence-electron chi connectivity index (χ3n) is 12.8. The minimum atomic E-state index is 0.663. The average Bonchev–Trinajstić information content (AvgIpc) is 3.73. The summed E-state index contributed by atoms with van der Waals surface area (Å²) in [6.07, 6.45) is 6.71.